The first-order valence-corrected chi connectivity index (χ1v) is 11.3. The van der Waals surface area contributed by atoms with Crippen LogP contribution in [0.15, 0.2) is 46.0 Å². The summed E-state index contributed by atoms with van der Waals surface area (Å²) < 4.78 is 51.4. The van der Waals surface area contributed by atoms with Gasteiger partial charge in [0.1, 0.15) is 11.6 Å². The molecule has 0 spiro atoms. The highest BCUT2D eigenvalue weighted by Gasteiger charge is 2.26. The number of hydrogen-bond acceptors (Lipinski definition) is 4. The molecule has 0 saturated carbocycles. The Bertz CT molecular complexity index is 1320. The Morgan fingerprint density at radius 3 is 2.11 bits per heavy atom. The number of rotatable bonds is 8. The summed E-state index contributed by atoms with van der Waals surface area (Å²) in [7, 11) is 4.97. The fraction of sp³-hybridized carbons (Fsp3) is 0.385. The topological polar surface area (TPSA) is 56.5 Å². The average Bonchev–Trinajstić information content (AvgIpc) is 2.79. The largest absolute Gasteiger partial charge is 0.494 e. The summed E-state index contributed by atoms with van der Waals surface area (Å²) in [6.45, 7) is 4.93. The van der Waals surface area contributed by atoms with Crippen LogP contribution in [0, 0.1) is 30.3 Å². The van der Waals surface area contributed by atoms with Gasteiger partial charge in [-0.15, -0.1) is 0 Å². The van der Waals surface area contributed by atoms with E-state index >= 15 is 4.39 Å². The standard InChI is InChI=1S/C26H30F3N3O3/c1-15(2)21(30(4)5)14-32-25(33)23(17-9-7-12-22(35-6)24(17)29)16(3)31(26(32)34)13-18-19(27)10-8-11-20(18)28/h7-12,15,21H,13-14H2,1-6H3/t21-/m0/s1. The summed E-state index contributed by atoms with van der Waals surface area (Å²) in [5, 5.41) is 0. The van der Waals surface area contributed by atoms with Gasteiger partial charge < -0.3 is 9.64 Å². The van der Waals surface area contributed by atoms with Crippen LogP contribution in [0.25, 0.3) is 11.1 Å². The van der Waals surface area contributed by atoms with Crippen molar-refractivity contribution in [3.63, 3.8) is 0 Å². The van der Waals surface area contributed by atoms with Gasteiger partial charge in [-0.2, -0.15) is 0 Å². The fourth-order valence-electron chi connectivity index (χ4n) is 4.32. The van der Waals surface area contributed by atoms with Gasteiger partial charge in [0.05, 0.1) is 19.2 Å². The Balaban J connectivity index is 2.37. The van der Waals surface area contributed by atoms with Gasteiger partial charge in [0.15, 0.2) is 11.6 Å². The third-order valence-electron chi connectivity index (χ3n) is 6.32. The van der Waals surface area contributed by atoms with E-state index < -0.39 is 35.2 Å². The van der Waals surface area contributed by atoms with Crippen molar-refractivity contribution in [1.82, 2.24) is 14.0 Å². The zero-order valence-electron chi connectivity index (χ0n) is 20.7. The molecule has 35 heavy (non-hydrogen) atoms. The molecule has 0 N–H and O–H groups in total. The Kier molecular flexibility index (Phi) is 7.90. The molecular weight excluding hydrogens is 459 g/mol. The number of likely N-dealkylation sites (N-methyl/N-ethyl adjacent to an activating group) is 1. The quantitative estimate of drug-likeness (QED) is 0.479. The molecule has 1 heterocycles. The van der Waals surface area contributed by atoms with Crippen LogP contribution < -0.4 is 16.0 Å². The second-order valence-corrected chi connectivity index (χ2v) is 9.04. The number of aromatic nitrogens is 2. The van der Waals surface area contributed by atoms with Gasteiger partial charge in [0.2, 0.25) is 0 Å². The maximum atomic E-state index is 15.3. The molecule has 188 valence electrons. The Hall–Kier alpha value is -3.33. The third-order valence-corrected chi connectivity index (χ3v) is 6.32. The van der Waals surface area contributed by atoms with Gasteiger partial charge in [0.25, 0.3) is 5.56 Å². The second-order valence-electron chi connectivity index (χ2n) is 9.04. The molecule has 0 radical (unpaired) electrons. The highest BCUT2D eigenvalue weighted by atomic mass is 19.1. The molecule has 0 aliphatic rings. The number of hydrogen-bond donors (Lipinski definition) is 0. The van der Waals surface area contributed by atoms with Crippen molar-refractivity contribution in [3.8, 4) is 16.9 Å². The lowest BCUT2D eigenvalue weighted by molar-refractivity contribution is 0.201. The van der Waals surface area contributed by atoms with Crippen LogP contribution in [0.4, 0.5) is 13.2 Å². The molecule has 0 bridgehead atoms. The molecule has 6 nitrogen and oxygen atoms in total. The first kappa shape index (κ1) is 26.3. The van der Waals surface area contributed by atoms with Crippen LogP contribution in [0.1, 0.15) is 25.1 Å². The van der Waals surface area contributed by atoms with Crippen LogP contribution in [0.2, 0.25) is 0 Å². The molecule has 3 aromatic rings. The van der Waals surface area contributed by atoms with Crippen LogP contribution in [0.5, 0.6) is 5.75 Å². The summed E-state index contributed by atoms with van der Waals surface area (Å²) in [6, 6.07) is 7.57. The first-order valence-electron chi connectivity index (χ1n) is 11.3. The van der Waals surface area contributed by atoms with Gasteiger partial charge in [0, 0.05) is 29.4 Å². The zero-order valence-corrected chi connectivity index (χ0v) is 20.7. The maximum absolute atomic E-state index is 15.3. The number of methoxy groups -OCH3 is 1. The molecule has 1 atom stereocenters. The van der Waals surface area contributed by atoms with Gasteiger partial charge in [-0.1, -0.05) is 32.0 Å². The summed E-state index contributed by atoms with van der Waals surface area (Å²) in [4.78, 5) is 29.1. The normalized spacial score (nSPS) is 12.4. The molecule has 2 aromatic carbocycles. The SMILES string of the molecule is COc1cccc(-c2c(C)n(Cc3c(F)cccc3F)c(=O)n(C[C@@H](C(C)C)N(C)C)c2=O)c1F. The molecule has 0 saturated heterocycles. The number of benzene rings is 2. The summed E-state index contributed by atoms with van der Waals surface area (Å²) in [5.74, 6) is -2.41. The van der Waals surface area contributed by atoms with Crippen molar-refractivity contribution in [2.75, 3.05) is 21.2 Å². The van der Waals surface area contributed by atoms with E-state index in [0.717, 1.165) is 21.3 Å². The van der Waals surface area contributed by atoms with Crippen LogP contribution in [-0.2, 0) is 13.1 Å². The molecule has 0 amide bonds. The third kappa shape index (κ3) is 5.05. The molecule has 0 aliphatic carbocycles. The van der Waals surface area contributed by atoms with Crippen molar-refractivity contribution in [1.29, 1.82) is 0 Å². The van der Waals surface area contributed by atoms with E-state index in [1.165, 1.54) is 38.3 Å². The van der Waals surface area contributed by atoms with Crippen molar-refractivity contribution in [2.24, 2.45) is 5.92 Å². The minimum Gasteiger partial charge on any atom is -0.494 e. The summed E-state index contributed by atoms with van der Waals surface area (Å²) in [5.41, 5.74) is -1.77. The molecule has 0 fully saturated rings. The minimum atomic E-state index is -0.823. The molecule has 1 aromatic heterocycles. The monoisotopic (exact) mass is 489 g/mol. The Morgan fingerprint density at radius 2 is 1.57 bits per heavy atom. The highest BCUT2D eigenvalue weighted by molar-refractivity contribution is 5.67. The first-order chi connectivity index (χ1) is 16.5. The predicted octanol–water partition coefficient (Wildman–Crippen LogP) is 4.05. The van der Waals surface area contributed by atoms with E-state index in [9.17, 15) is 18.4 Å². The molecule has 0 unspecified atom stereocenters. The van der Waals surface area contributed by atoms with Crippen molar-refractivity contribution >= 4 is 0 Å². The molecular formula is C26H30F3N3O3. The lowest BCUT2D eigenvalue weighted by atomic mass is 10.0. The maximum Gasteiger partial charge on any atom is 0.331 e. The van der Waals surface area contributed by atoms with E-state index in [4.69, 9.17) is 4.74 Å². The summed E-state index contributed by atoms with van der Waals surface area (Å²) >= 11 is 0. The van der Waals surface area contributed by atoms with E-state index in [1.54, 1.807) is 0 Å². The number of halogens is 3. The fourth-order valence-corrected chi connectivity index (χ4v) is 4.32. The van der Waals surface area contributed by atoms with E-state index in [-0.39, 0.29) is 46.6 Å². The van der Waals surface area contributed by atoms with Crippen molar-refractivity contribution in [2.45, 2.75) is 39.9 Å². The summed E-state index contributed by atoms with van der Waals surface area (Å²) in [6.07, 6.45) is 0. The minimum absolute atomic E-state index is 0.0148. The van der Waals surface area contributed by atoms with E-state index in [2.05, 4.69) is 0 Å². The molecule has 9 heteroatoms. The van der Waals surface area contributed by atoms with Crippen molar-refractivity contribution < 1.29 is 17.9 Å². The van der Waals surface area contributed by atoms with Crippen LogP contribution >= 0.6 is 0 Å². The van der Waals surface area contributed by atoms with Gasteiger partial charge in [-0.05, 0) is 45.1 Å². The van der Waals surface area contributed by atoms with Crippen molar-refractivity contribution in [3.05, 3.63) is 85.9 Å². The predicted molar refractivity (Wildman–Crippen MR) is 129 cm³/mol. The van der Waals surface area contributed by atoms with Gasteiger partial charge in [-0.3, -0.25) is 13.9 Å². The van der Waals surface area contributed by atoms with Crippen LogP contribution in [-0.4, -0.2) is 41.3 Å². The molecule has 3 rings (SSSR count). The van der Waals surface area contributed by atoms with Gasteiger partial charge >= 0.3 is 5.69 Å². The zero-order chi connectivity index (χ0) is 26.0. The smallest absolute Gasteiger partial charge is 0.331 e. The molecule has 0 aliphatic heterocycles. The second kappa shape index (κ2) is 10.5. The number of nitrogens with zero attached hydrogens (tertiary/aromatic N) is 3. The van der Waals surface area contributed by atoms with Gasteiger partial charge in [-0.25, -0.2) is 18.0 Å². The van der Waals surface area contributed by atoms with E-state index in [1.807, 2.05) is 32.8 Å². The average molecular weight is 490 g/mol. The van der Waals surface area contributed by atoms with E-state index in [0.29, 0.717) is 0 Å². The Morgan fingerprint density at radius 1 is 0.971 bits per heavy atom. The lowest BCUT2D eigenvalue weighted by Crippen LogP contribution is -2.48. The lowest BCUT2D eigenvalue weighted by Gasteiger charge is -2.29. The number of ether oxygens (including phenoxy) is 1. The highest BCUT2D eigenvalue weighted by Crippen LogP contribution is 2.29. The van der Waals surface area contributed by atoms with Crippen LogP contribution in [0.3, 0.4) is 0 Å². The Labute approximate surface area is 202 Å².